The monoisotopic (exact) mass is 395 g/mol. The van der Waals surface area contributed by atoms with Gasteiger partial charge in [-0.05, 0) is 55.8 Å². The quantitative estimate of drug-likeness (QED) is 0.803. The number of aryl methyl sites for hydroxylation is 1. The number of hydrogen-bond donors (Lipinski definition) is 0. The van der Waals surface area contributed by atoms with Crippen molar-refractivity contribution >= 4 is 17.5 Å². The van der Waals surface area contributed by atoms with Crippen molar-refractivity contribution in [1.82, 2.24) is 9.80 Å². The van der Waals surface area contributed by atoms with Crippen LogP contribution in [0.3, 0.4) is 0 Å². The Morgan fingerprint density at radius 1 is 1.14 bits per heavy atom. The molecule has 1 atom stereocenters. The molecule has 2 aliphatic heterocycles. The van der Waals surface area contributed by atoms with E-state index in [1.165, 1.54) is 17.7 Å². The van der Waals surface area contributed by atoms with Gasteiger partial charge in [0.1, 0.15) is 5.82 Å². The number of likely N-dealkylation sites (tertiary alicyclic amines) is 1. The van der Waals surface area contributed by atoms with Gasteiger partial charge in [-0.1, -0.05) is 25.1 Å². The molecule has 1 spiro atoms. The molecule has 2 amide bonds. The summed E-state index contributed by atoms with van der Waals surface area (Å²) in [5, 5.41) is 0. The van der Waals surface area contributed by atoms with Crippen molar-refractivity contribution in [1.29, 1.82) is 0 Å². The van der Waals surface area contributed by atoms with Gasteiger partial charge in [-0.2, -0.15) is 0 Å². The molecule has 0 saturated carbocycles. The van der Waals surface area contributed by atoms with Gasteiger partial charge in [-0.15, -0.1) is 0 Å². The zero-order valence-electron chi connectivity index (χ0n) is 16.9. The zero-order valence-corrected chi connectivity index (χ0v) is 16.9. The third-order valence-electron chi connectivity index (χ3n) is 6.28. The Bertz CT molecular complexity index is 930. The molecule has 2 aliphatic rings. The lowest BCUT2D eigenvalue weighted by molar-refractivity contribution is -0.123. The van der Waals surface area contributed by atoms with Gasteiger partial charge in [0.15, 0.2) is 0 Å². The van der Waals surface area contributed by atoms with Crippen LogP contribution in [0.15, 0.2) is 48.5 Å². The first-order valence-electron chi connectivity index (χ1n) is 10.1. The van der Waals surface area contributed by atoms with Crippen LogP contribution in [0.25, 0.3) is 0 Å². The Morgan fingerprint density at radius 3 is 2.59 bits per heavy atom. The summed E-state index contributed by atoms with van der Waals surface area (Å²) in [5.74, 6) is -0.391. The van der Waals surface area contributed by atoms with Gasteiger partial charge in [0.05, 0.1) is 12.1 Å². The highest BCUT2D eigenvalue weighted by Crippen LogP contribution is 2.34. The molecule has 2 aromatic rings. The largest absolute Gasteiger partial charge is 0.337 e. The Labute approximate surface area is 170 Å². The van der Waals surface area contributed by atoms with Gasteiger partial charge in [0.25, 0.3) is 5.91 Å². The third kappa shape index (κ3) is 3.65. The molecule has 2 fully saturated rings. The lowest BCUT2D eigenvalue weighted by Gasteiger charge is -2.46. The predicted octanol–water partition coefficient (Wildman–Crippen LogP) is 2.95. The van der Waals surface area contributed by atoms with E-state index in [4.69, 9.17) is 0 Å². The summed E-state index contributed by atoms with van der Waals surface area (Å²) in [6.45, 7) is 3.99. The van der Waals surface area contributed by atoms with Crippen molar-refractivity contribution in [2.45, 2.75) is 25.3 Å². The summed E-state index contributed by atoms with van der Waals surface area (Å²) in [7, 11) is 1.94. The number of piperazine rings is 1. The van der Waals surface area contributed by atoms with Crippen LogP contribution >= 0.6 is 0 Å². The summed E-state index contributed by atoms with van der Waals surface area (Å²) < 4.78 is 13.7. The number of benzene rings is 2. The van der Waals surface area contributed by atoms with E-state index in [2.05, 4.69) is 11.8 Å². The Hall–Kier alpha value is -2.73. The molecule has 5 nitrogen and oxygen atoms in total. The second-order valence-electron chi connectivity index (χ2n) is 8.07. The van der Waals surface area contributed by atoms with Crippen LogP contribution in [0.1, 0.15) is 29.3 Å². The topological polar surface area (TPSA) is 43.9 Å². The molecular weight excluding hydrogens is 369 g/mol. The molecule has 0 N–H and O–H groups in total. The number of likely N-dealkylation sites (N-methyl/N-ethyl adjacent to an activating group) is 1. The molecule has 2 heterocycles. The molecule has 0 aliphatic carbocycles. The van der Waals surface area contributed by atoms with Crippen LogP contribution in [0.2, 0.25) is 0 Å². The van der Waals surface area contributed by atoms with E-state index in [9.17, 15) is 14.0 Å². The molecule has 0 bridgehead atoms. The van der Waals surface area contributed by atoms with Crippen LogP contribution in [0.5, 0.6) is 0 Å². The summed E-state index contributed by atoms with van der Waals surface area (Å²) in [6.07, 6.45) is 1.72. The van der Waals surface area contributed by atoms with Crippen molar-refractivity contribution in [3.05, 3.63) is 65.5 Å². The van der Waals surface area contributed by atoms with E-state index in [-0.39, 0.29) is 29.7 Å². The van der Waals surface area contributed by atoms with E-state index in [1.807, 2.05) is 36.2 Å². The first kappa shape index (κ1) is 19.6. The molecule has 0 unspecified atom stereocenters. The van der Waals surface area contributed by atoms with Gasteiger partial charge in [0.2, 0.25) is 5.91 Å². The molecule has 4 rings (SSSR count). The maximum absolute atomic E-state index is 13.7. The highest BCUT2D eigenvalue weighted by Gasteiger charge is 2.48. The van der Waals surface area contributed by atoms with Crippen molar-refractivity contribution in [2.75, 3.05) is 38.1 Å². The Kier molecular flexibility index (Phi) is 5.13. The molecule has 29 heavy (non-hydrogen) atoms. The van der Waals surface area contributed by atoms with Crippen LogP contribution < -0.4 is 4.90 Å². The maximum atomic E-state index is 13.7. The van der Waals surface area contributed by atoms with Gasteiger partial charge in [-0.3, -0.25) is 14.5 Å². The molecule has 6 heteroatoms. The van der Waals surface area contributed by atoms with E-state index < -0.39 is 0 Å². The van der Waals surface area contributed by atoms with E-state index in [0.29, 0.717) is 30.9 Å². The zero-order chi connectivity index (χ0) is 20.6. The first-order valence-corrected chi connectivity index (χ1v) is 10.1. The van der Waals surface area contributed by atoms with E-state index in [1.54, 1.807) is 17.0 Å². The van der Waals surface area contributed by atoms with E-state index >= 15 is 0 Å². The standard InChI is InChI=1S/C23H26FN3O2/c1-3-17-7-9-18(10-8-17)22(29)26-12-11-23(15-26)16-27(21(28)14-25(23)2)20-6-4-5-19(24)13-20/h4-10,13H,3,11-12,14-16H2,1-2H3/t23-/m1/s1. The second kappa shape index (κ2) is 7.59. The number of anilines is 1. The lowest BCUT2D eigenvalue weighted by atomic mass is 9.92. The summed E-state index contributed by atoms with van der Waals surface area (Å²) in [4.78, 5) is 31.2. The lowest BCUT2D eigenvalue weighted by Crippen LogP contribution is -2.64. The Morgan fingerprint density at radius 2 is 1.90 bits per heavy atom. The van der Waals surface area contributed by atoms with Crippen molar-refractivity contribution in [2.24, 2.45) is 0 Å². The normalized spacial score (nSPS) is 22.5. The smallest absolute Gasteiger partial charge is 0.253 e. The van der Waals surface area contributed by atoms with E-state index in [0.717, 1.165) is 12.8 Å². The fraction of sp³-hybridized carbons (Fsp3) is 0.391. The van der Waals surface area contributed by atoms with Gasteiger partial charge >= 0.3 is 0 Å². The molecule has 0 radical (unpaired) electrons. The molecule has 2 saturated heterocycles. The molecule has 152 valence electrons. The number of amides is 2. The number of carbonyl (C=O) groups excluding carboxylic acids is 2. The minimum atomic E-state index is -0.359. The minimum Gasteiger partial charge on any atom is -0.337 e. The number of nitrogens with zero attached hydrogens (tertiary/aromatic N) is 3. The fourth-order valence-electron chi connectivity index (χ4n) is 4.37. The maximum Gasteiger partial charge on any atom is 0.253 e. The van der Waals surface area contributed by atoms with Crippen LogP contribution in [-0.4, -0.2) is 60.4 Å². The number of halogens is 1. The predicted molar refractivity (Wildman–Crippen MR) is 110 cm³/mol. The average Bonchev–Trinajstić information content (AvgIpc) is 3.16. The van der Waals surface area contributed by atoms with Gasteiger partial charge in [-0.25, -0.2) is 4.39 Å². The van der Waals surface area contributed by atoms with Gasteiger partial charge < -0.3 is 9.80 Å². The second-order valence-corrected chi connectivity index (χ2v) is 8.07. The van der Waals surface area contributed by atoms with Crippen LogP contribution in [-0.2, 0) is 11.2 Å². The SMILES string of the molecule is CCc1ccc(C(=O)N2CC[C@@]3(C2)CN(c2cccc(F)c2)C(=O)CN3C)cc1. The summed E-state index contributed by atoms with van der Waals surface area (Å²) >= 11 is 0. The summed E-state index contributed by atoms with van der Waals surface area (Å²) in [5.41, 5.74) is 2.15. The molecular formula is C23H26FN3O2. The first-order chi connectivity index (χ1) is 13.9. The third-order valence-corrected chi connectivity index (χ3v) is 6.28. The fourth-order valence-corrected chi connectivity index (χ4v) is 4.37. The van der Waals surface area contributed by atoms with Crippen LogP contribution in [0, 0.1) is 5.82 Å². The van der Waals surface area contributed by atoms with Crippen LogP contribution in [0.4, 0.5) is 10.1 Å². The highest BCUT2D eigenvalue weighted by molar-refractivity contribution is 5.97. The minimum absolute atomic E-state index is 0.0205. The van der Waals surface area contributed by atoms with Crippen molar-refractivity contribution < 1.29 is 14.0 Å². The number of hydrogen-bond acceptors (Lipinski definition) is 3. The Balaban J connectivity index is 1.54. The van der Waals surface area contributed by atoms with Crippen molar-refractivity contribution in [3.8, 4) is 0 Å². The highest BCUT2D eigenvalue weighted by atomic mass is 19.1. The average molecular weight is 395 g/mol. The number of carbonyl (C=O) groups is 2. The summed E-state index contributed by atoms with van der Waals surface area (Å²) in [6, 6.07) is 13.9. The molecule has 0 aromatic heterocycles. The van der Waals surface area contributed by atoms with Crippen molar-refractivity contribution in [3.63, 3.8) is 0 Å². The molecule has 2 aromatic carbocycles. The number of rotatable bonds is 3. The van der Waals surface area contributed by atoms with Gasteiger partial charge in [0, 0.05) is 30.9 Å².